The molecule has 0 aliphatic heterocycles. The summed E-state index contributed by atoms with van der Waals surface area (Å²) in [5.41, 5.74) is 0. The van der Waals surface area contributed by atoms with Crippen LogP contribution in [0.2, 0.25) is 0 Å². The molecule has 0 aliphatic rings. The van der Waals surface area contributed by atoms with Crippen LogP contribution in [0.3, 0.4) is 0 Å². The molecule has 74 valence electrons. The van der Waals surface area contributed by atoms with Crippen LogP contribution in [0.25, 0.3) is 0 Å². The Morgan fingerprint density at radius 2 is 2.62 bits per heavy atom. The van der Waals surface area contributed by atoms with Crippen LogP contribution in [0.5, 0.6) is 0 Å². The topological polar surface area (TPSA) is 54.4 Å². The quantitative estimate of drug-likeness (QED) is 0.721. The van der Waals surface area contributed by atoms with Crippen LogP contribution < -0.4 is 5.32 Å². The van der Waals surface area contributed by atoms with E-state index in [-0.39, 0.29) is 0 Å². The minimum atomic E-state index is -0.391. The average Bonchev–Trinajstić information content (AvgIpc) is 2.57. The highest BCUT2D eigenvalue weighted by Crippen LogP contribution is 2.09. The second kappa shape index (κ2) is 5.90. The monoisotopic (exact) mass is 202 g/mol. The van der Waals surface area contributed by atoms with Gasteiger partial charge in [-0.05, 0) is 6.42 Å². The van der Waals surface area contributed by atoms with Crippen molar-refractivity contribution in [2.75, 3.05) is 25.6 Å². The zero-order chi connectivity index (χ0) is 9.52. The van der Waals surface area contributed by atoms with Gasteiger partial charge in [0.2, 0.25) is 0 Å². The first-order valence-electron chi connectivity index (χ1n) is 4.13. The Morgan fingerprint density at radius 3 is 3.23 bits per heavy atom. The van der Waals surface area contributed by atoms with E-state index in [1.165, 1.54) is 0 Å². The highest BCUT2D eigenvalue weighted by Gasteiger charge is 2.02. The number of anilines is 1. The maximum Gasteiger partial charge on any atom is 0.182 e. The fourth-order valence-corrected chi connectivity index (χ4v) is 1.49. The second-order valence-electron chi connectivity index (χ2n) is 2.66. The minimum Gasteiger partial charge on any atom is -0.391 e. The summed E-state index contributed by atoms with van der Waals surface area (Å²) in [6.45, 7) is 1.11. The molecule has 0 spiro atoms. The summed E-state index contributed by atoms with van der Waals surface area (Å²) in [4.78, 5) is 4.05. The van der Waals surface area contributed by atoms with Crippen molar-refractivity contribution in [3.05, 3.63) is 11.6 Å². The molecule has 13 heavy (non-hydrogen) atoms. The number of aliphatic hydroxyl groups is 1. The van der Waals surface area contributed by atoms with E-state index in [1.54, 1.807) is 24.6 Å². The van der Waals surface area contributed by atoms with Gasteiger partial charge < -0.3 is 15.2 Å². The van der Waals surface area contributed by atoms with E-state index in [0.717, 1.165) is 11.7 Å². The van der Waals surface area contributed by atoms with Crippen LogP contribution >= 0.6 is 11.3 Å². The number of aliphatic hydroxyl groups excluding tert-OH is 1. The maximum absolute atomic E-state index is 9.30. The number of thiazole rings is 1. The van der Waals surface area contributed by atoms with E-state index in [0.29, 0.717) is 13.0 Å². The minimum absolute atomic E-state index is 0.388. The first kappa shape index (κ1) is 10.4. The van der Waals surface area contributed by atoms with Crippen molar-refractivity contribution in [1.29, 1.82) is 0 Å². The summed E-state index contributed by atoms with van der Waals surface area (Å²) in [7, 11) is 1.58. The van der Waals surface area contributed by atoms with Crippen molar-refractivity contribution >= 4 is 16.5 Å². The molecule has 1 aromatic rings. The molecule has 0 saturated heterocycles. The molecule has 0 fully saturated rings. The van der Waals surface area contributed by atoms with Crippen LogP contribution in [0, 0.1) is 0 Å². The third-order valence-electron chi connectivity index (χ3n) is 1.55. The number of aromatic nitrogens is 1. The fraction of sp³-hybridized carbons (Fsp3) is 0.625. The highest BCUT2D eigenvalue weighted by molar-refractivity contribution is 7.13. The second-order valence-corrected chi connectivity index (χ2v) is 3.56. The summed E-state index contributed by atoms with van der Waals surface area (Å²) in [5, 5.41) is 15.2. The fourth-order valence-electron chi connectivity index (χ4n) is 0.932. The van der Waals surface area contributed by atoms with Crippen LogP contribution in [0.1, 0.15) is 6.42 Å². The van der Waals surface area contributed by atoms with Gasteiger partial charge >= 0.3 is 0 Å². The molecule has 0 aliphatic carbocycles. The molecule has 0 aromatic carbocycles. The summed E-state index contributed by atoms with van der Waals surface area (Å²) in [6, 6.07) is 0. The van der Waals surface area contributed by atoms with Crippen molar-refractivity contribution < 1.29 is 9.84 Å². The molecular weight excluding hydrogens is 188 g/mol. The maximum atomic E-state index is 9.30. The standard InChI is InChI=1S/C8H14N2O2S/c1-12-6-7(11)2-3-9-8-10-4-5-13-8/h4-5,7,11H,2-3,6H2,1H3,(H,9,10). The third-order valence-corrected chi connectivity index (χ3v) is 2.28. The van der Waals surface area contributed by atoms with Crippen LogP contribution in [0.15, 0.2) is 11.6 Å². The number of rotatable bonds is 6. The molecule has 0 bridgehead atoms. The molecule has 1 unspecified atom stereocenters. The van der Waals surface area contributed by atoms with Gasteiger partial charge in [-0.25, -0.2) is 4.98 Å². The molecular formula is C8H14N2O2S. The van der Waals surface area contributed by atoms with Crippen LogP contribution in [-0.4, -0.2) is 36.5 Å². The van der Waals surface area contributed by atoms with E-state index in [4.69, 9.17) is 4.74 Å². The number of nitrogens with zero attached hydrogens (tertiary/aromatic N) is 1. The largest absolute Gasteiger partial charge is 0.391 e. The third kappa shape index (κ3) is 4.21. The van der Waals surface area contributed by atoms with E-state index in [2.05, 4.69) is 10.3 Å². The lowest BCUT2D eigenvalue weighted by atomic mass is 10.3. The molecule has 4 nitrogen and oxygen atoms in total. The van der Waals surface area contributed by atoms with Gasteiger partial charge in [-0.15, -0.1) is 11.3 Å². The molecule has 1 atom stereocenters. The lowest BCUT2D eigenvalue weighted by Crippen LogP contribution is -2.18. The first-order chi connectivity index (χ1) is 6.33. The zero-order valence-electron chi connectivity index (χ0n) is 7.56. The molecule has 0 radical (unpaired) electrons. The summed E-state index contributed by atoms with van der Waals surface area (Å²) < 4.78 is 4.80. The molecule has 1 heterocycles. The van der Waals surface area contributed by atoms with E-state index < -0.39 is 6.10 Å². The Labute approximate surface area is 81.6 Å². The Morgan fingerprint density at radius 1 is 1.77 bits per heavy atom. The Kier molecular flexibility index (Phi) is 4.74. The Balaban J connectivity index is 2.07. The lowest BCUT2D eigenvalue weighted by Gasteiger charge is -2.08. The number of nitrogens with one attached hydrogen (secondary N) is 1. The van der Waals surface area contributed by atoms with Crippen molar-refractivity contribution in [3.63, 3.8) is 0 Å². The molecule has 0 amide bonds. The molecule has 5 heteroatoms. The van der Waals surface area contributed by atoms with E-state index >= 15 is 0 Å². The SMILES string of the molecule is COCC(O)CCNc1nccs1. The smallest absolute Gasteiger partial charge is 0.182 e. The van der Waals surface area contributed by atoms with Gasteiger partial charge in [0, 0.05) is 25.2 Å². The van der Waals surface area contributed by atoms with Gasteiger partial charge in [0.25, 0.3) is 0 Å². The summed E-state index contributed by atoms with van der Waals surface area (Å²) in [5.74, 6) is 0. The molecule has 0 saturated carbocycles. The van der Waals surface area contributed by atoms with Gasteiger partial charge in [-0.1, -0.05) is 0 Å². The summed E-state index contributed by atoms with van der Waals surface area (Å²) >= 11 is 1.55. The van der Waals surface area contributed by atoms with E-state index in [9.17, 15) is 5.11 Å². The first-order valence-corrected chi connectivity index (χ1v) is 5.01. The van der Waals surface area contributed by atoms with Gasteiger partial charge in [-0.2, -0.15) is 0 Å². The zero-order valence-corrected chi connectivity index (χ0v) is 8.38. The number of hydrogen-bond donors (Lipinski definition) is 2. The normalized spacial score (nSPS) is 12.8. The molecule has 1 rings (SSSR count). The average molecular weight is 202 g/mol. The van der Waals surface area contributed by atoms with Crippen LogP contribution in [-0.2, 0) is 4.74 Å². The van der Waals surface area contributed by atoms with Crippen molar-refractivity contribution in [2.45, 2.75) is 12.5 Å². The predicted octanol–water partition coefficient (Wildman–Crippen LogP) is 0.952. The van der Waals surface area contributed by atoms with Crippen LogP contribution in [0.4, 0.5) is 5.13 Å². The Hall–Kier alpha value is -0.650. The van der Waals surface area contributed by atoms with E-state index in [1.807, 2.05) is 5.38 Å². The number of ether oxygens (including phenoxy) is 1. The van der Waals surface area contributed by atoms with Crippen molar-refractivity contribution in [3.8, 4) is 0 Å². The Bertz CT molecular complexity index is 216. The lowest BCUT2D eigenvalue weighted by molar-refractivity contribution is 0.0615. The van der Waals surface area contributed by atoms with Crippen molar-refractivity contribution in [1.82, 2.24) is 4.98 Å². The van der Waals surface area contributed by atoms with Gasteiger partial charge in [0.15, 0.2) is 5.13 Å². The molecule has 2 N–H and O–H groups in total. The van der Waals surface area contributed by atoms with Gasteiger partial charge in [0.05, 0.1) is 12.7 Å². The van der Waals surface area contributed by atoms with Crippen molar-refractivity contribution in [2.24, 2.45) is 0 Å². The van der Waals surface area contributed by atoms with Gasteiger partial charge in [-0.3, -0.25) is 0 Å². The number of methoxy groups -OCH3 is 1. The summed E-state index contributed by atoms with van der Waals surface area (Å²) in [6.07, 6.45) is 2.03. The number of hydrogen-bond acceptors (Lipinski definition) is 5. The predicted molar refractivity (Wildman–Crippen MR) is 53.1 cm³/mol. The highest BCUT2D eigenvalue weighted by atomic mass is 32.1. The van der Waals surface area contributed by atoms with Gasteiger partial charge in [0.1, 0.15) is 0 Å². The molecule has 1 aromatic heterocycles.